The predicted molar refractivity (Wildman–Crippen MR) is 123 cm³/mol. The molecule has 1 N–H and O–H groups in total. The van der Waals surface area contributed by atoms with Crippen molar-refractivity contribution in [1.82, 2.24) is 10.2 Å². The summed E-state index contributed by atoms with van der Waals surface area (Å²) in [5.74, 6) is -0.938. The number of amides is 2. The summed E-state index contributed by atoms with van der Waals surface area (Å²) in [5.41, 5.74) is -0.621. The highest BCUT2D eigenvalue weighted by Crippen LogP contribution is 2.36. The van der Waals surface area contributed by atoms with Crippen LogP contribution in [-0.2, 0) is 25.3 Å². The van der Waals surface area contributed by atoms with Crippen molar-refractivity contribution in [2.75, 3.05) is 13.6 Å². The molecule has 1 aliphatic rings. The molecule has 1 aliphatic heterocycles. The molecule has 1 saturated heterocycles. The molecule has 0 unspecified atom stereocenters. The molecule has 34 heavy (non-hydrogen) atoms. The van der Waals surface area contributed by atoms with Gasteiger partial charge in [-0.05, 0) is 59.5 Å². The molecule has 1 aromatic carbocycles. The monoisotopic (exact) mass is 486 g/mol. The fraction of sp³-hybridized carbons (Fsp3) is 0.652. The highest BCUT2D eigenvalue weighted by Gasteiger charge is 2.51. The Kier molecular flexibility index (Phi) is 8.04. The molecule has 1 fully saturated rings. The van der Waals surface area contributed by atoms with Gasteiger partial charge in [-0.1, -0.05) is 24.3 Å². The number of rotatable bonds is 6. The van der Waals surface area contributed by atoms with Gasteiger partial charge < -0.3 is 19.4 Å². The van der Waals surface area contributed by atoms with Gasteiger partial charge in [-0.3, -0.25) is 9.69 Å². The first-order valence-electron chi connectivity index (χ1n) is 11.1. The quantitative estimate of drug-likeness (QED) is 0.624. The lowest BCUT2D eigenvalue weighted by Crippen LogP contribution is -2.51. The smallest absolute Gasteiger partial charge is 0.444 e. The average molecular weight is 486 g/mol. The zero-order chi connectivity index (χ0) is 26.1. The maximum atomic E-state index is 12.7. The first-order valence-corrected chi connectivity index (χ1v) is 11.1. The standard InChI is InChI=1S/C23H34BF3N2O5/c1-20(2,3)32-19(31)29(8)17(18(30)28-14-23(25,26)27)13-15-10-9-11-16(12-15)24-33-21(4,5)22(6,7)34-24/h9-12,17H,13-14H2,1-8H3,(H,28,30)/t17-/m0/s1. The predicted octanol–water partition coefficient (Wildman–Crippen LogP) is 3.44. The molecule has 1 heterocycles. The number of halogens is 3. The van der Waals surface area contributed by atoms with Crippen molar-refractivity contribution in [3.8, 4) is 0 Å². The minimum absolute atomic E-state index is 0.0349. The Hall–Kier alpha value is -2.27. The molecule has 7 nitrogen and oxygen atoms in total. The molecule has 0 radical (unpaired) electrons. The molecule has 2 amide bonds. The number of carbonyl (C=O) groups excluding carboxylic acids is 2. The van der Waals surface area contributed by atoms with E-state index in [9.17, 15) is 22.8 Å². The van der Waals surface area contributed by atoms with Crippen LogP contribution in [-0.4, -0.2) is 66.6 Å². The second kappa shape index (κ2) is 9.77. The van der Waals surface area contributed by atoms with Crippen molar-refractivity contribution in [3.05, 3.63) is 29.8 Å². The molecule has 1 aromatic rings. The summed E-state index contributed by atoms with van der Waals surface area (Å²) in [7, 11) is 0.676. The number of nitrogens with zero attached hydrogens (tertiary/aromatic N) is 1. The van der Waals surface area contributed by atoms with Gasteiger partial charge in [0, 0.05) is 13.5 Å². The molecule has 1 atom stereocenters. The number of hydrogen-bond donors (Lipinski definition) is 1. The summed E-state index contributed by atoms with van der Waals surface area (Å²) in [6, 6.07) is 5.80. The van der Waals surface area contributed by atoms with Gasteiger partial charge in [0.15, 0.2) is 0 Å². The number of alkyl halides is 3. The van der Waals surface area contributed by atoms with Crippen molar-refractivity contribution in [2.45, 2.75) is 83.9 Å². The molecule has 11 heteroatoms. The van der Waals surface area contributed by atoms with Crippen molar-refractivity contribution in [3.63, 3.8) is 0 Å². The Balaban J connectivity index is 2.27. The van der Waals surface area contributed by atoms with Gasteiger partial charge in [0.1, 0.15) is 18.2 Å². The van der Waals surface area contributed by atoms with E-state index in [2.05, 4.69) is 0 Å². The van der Waals surface area contributed by atoms with E-state index in [1.54, 1.807) is 39.0 Å². The van der Waals surface area contributed by atoms with Crippen LogP contribution in [0.2, 0.25) is 0 Å². The number of hydrogen-bond acceptors (Lipinski definition) is 5. The highest BCUT2D eigenvalue weighted by molar-refractivity contribution is 6.62. The number of benzene rings is 1. The van der Waals surface area contributed by atoms with Crippen molar-refractivity contribution in [2.24, 2.45) is 0 Å². The van der Waals surface area contributed by atoms with Crippen LogP contribution >= 0.6 is 0 Å². The van der Waals surface area contributed by atoms with Crippen molar-refractivity contribution >= 4 is 24.6 Å². The molecule has 190 valence electrons. The summed E-state index contributed by atoms with van der Waals surface area (Å²) in [5, 5.41) is 1.87. The third-order valence-electron chi connectivity index (χ3n) is 5.82. The first-order chi connectivity index (χ1) is 15.3. The topological polar surface area (TPSA) is 77.1 Å². The second-order valence-corrected chi connectivity index (χ2v) is 10.5. The Bertz CT molecular complexity index is 883. The lowest BCUT2D eigenvalue weighted by atomic mass is 9.78. The fourth-order valence-corrected chi connectivity index (χ4v) is 3.24. The van der Waals surface area contributed by atoms with E-state index in [-0.39, 0.29) is 6.42 Å². The molecule has 0 aromatic heterocycles. The number of ether oxygens (including phenoxy) is 1. The minimum atomic E-state index is -4.58. The molecule has 2 rings (SSSR count). The SMILES string of the molecule is CN(C(=O)OC(C)(C)C)[C@@H](Cc1cccc(B2OC(C)(C)C(C)(C)O2)c1)C(=O)NCC(F)(F)F. The van der Waals surface area contributed by atoms with Crippen LogP contribution in [0.5, 0.6) is 0 Å². The van der Waals surface area contributed by atoms with Crippen LogP contribution in [0, 0.1) is 0 Å². The van der Waals surface area contributed by atoms with Gasteiger partial charge in [0.2, 0.25) is 5.91 Å². The Labute approximate surface area is 199 Å². The summed E-state index contributed by atoms with van der Waals surface area (Å²) in [4.78, 5) is 26.3. The number of carbonyl (C=O) groups is 2. The van der Waals surface area contributed by atoms with Gasteiger partial charge >= 0.3 is 19.4 Å². The van der Waals surface area contributed by atoms with Crippen molar-refractivity contribution in [1.29, 1.82) is 0 Å². The number of nitrogens with one attached hydrogen (secondary N) is 1. The van der Waals surface area contributed by atoms with Gasteiger partial charge in [0.25, 0.3) is 0 Å². The van der Waals surface area contributed by atoms with E-state index in [1.807, 2.05) is 39.1 Å². The zero-order valence-corrected chi connectivity index (χ0v) is 21.0. The zero-order valence-electron chi connectivity index (χ0n) is 21.0. The second-order valence-electron chi connectivity index (χ2n) is 10.5. The first kappa shape index (κ1) is 28.0. The Morgan fingerprint density at radius 3 is 2.18 bits per heavy atom. The molecule has 0 aliphatic carbocycles. The summed E-state index contributed by atoms with van der Waals surface area (Å²) >= 11 is 0. The average Bonchev–Trinajstić information content (AvgIpc) is 2.89. The van der Waals surface area contributed by atoms with Crippen LogP contribution in [0.25, 0.3) is 0 Å². The van der Waals surface area contributed by atoms with E-state index < -0.39 is 54.7 Å². The van der Waals surface area contributed by atoms with Crippen LogP contribution in [0.3, 0.4) is 0 Å². The van der Waals surface area contributed by atoms with Gasteiger partial charge in [0.05, 0.1) is 11.2 Å². The Morgan fingerprint density at radius 1 is 1.12 bits per heavy atom. The van der Waals surface area contributed by atoms with Crippen LogP contribution in [0.4, 0.5) is 18.0 Å². The van der Waals surface area contributed by atoms with Gasteiger partial charge in [-0.15, -0.1) is 0 Å². The van der Waals surface area contributed by atoms with Gasteiger partial charge in [-0.25, -0.2) is 4.79 Å². The lowest BCUT2D eigenvalue weighted by Gasteiger charge is -2.32. The van der Waals surface area contributed by atoms with Crippen LogP contribution in [0.15, 0.2) is 24.3 Å². The third kappa shape index (κ3) is 7.37. The summed E-state index contributed by atoms with van der Waals surface area (Å²) in [6.45, 7) is 11.2. The summed E-state index contributed by atoms with van der Waals surface area (Å²) < 4.78 is 55.5. The van der Waals surface area contributed by atoms with E-state index in [4.69, 9.17) is 14.0 Å². The molecule has 0 saturated carbocycles. The maximum absolute atomic E-state index is 12.7. The molecule has 0 spiro atoms. The molecular formula is C23H34BF3N2O5. The van der Waals surface area contributed by atoms with E-state index in [0.29, 0.717) is 11.0 Å². The van der Waals surface area contributed by atoms with E-state index in [0.717, 1.165) is 4.90 Å². The van der Waals surface area contributed by atoms with Crippen molar-refractivity contribution < 1.29 is 36.8 Å². The lowest BCUT2D eigenvalue weighted by molar-refractivity contribution is -0.141. The minimum Gasteiger partial charge on any atom is -0.444 e. The Morgan fingerprint density at radius 2 is 1.68 bits per heavy atom. The van der Waals surface area contributed by atoms with Crippen LogP contribution < -0.4 is 10.8 Å². The van der Waals surface area contributed by atoms with Crippen LogP contribution in [0.1, 0.15) is 54.0 Å². The third-order valence-corrected chi connectivity index (χ3v) is 5.82. The normalized spacial score (nSPS) is 18.4. The highest BCUT2D eigenvalue weighted by atomic mass is 19.4. The molecular weight excluding hydrogens is 452 g/mol. The van der Waals surface area contributed by atoms with E-state index in [1.165, 1.54) is 7.05 Å². The molecule has 0 bridgehead atoms. The summed E-state index contributed by atoms with van der Waals surface area (Å²) in [6.07, 6.45) is -5.43. The van der Waals surface area contributed by atoms with E-state index >= 15 is 0 Å². The van der Waals surface area contributed by atoms with Gasteiger partial charge in [-0.2, -0.15) is 13.2 Å². The largest absolute Gasteiger partial charge is 0.494 e. The fourth-order valence-electron chi connectivity index (χ4n) is 3.24. The number of likely N-dealkylation sites (N-methyl/N-ethyl adjacent to an activating group) is 1. The maximum Gasteiger partial charge on any atom is 0.494 e.